The van der Waals surface area contributed by atoms with Gasteiger partial charge in [0.15, 0.2) is 0 Å². The molecule has 1 heterocycles. The molecule has 3 N–H and O–H groups in total. The van der Waals surface area contributed by atoms with Crippen molar-refractivity contribution in [3.63, 3.8) is 0 Å². The van der Waals surface area contributed by atoms with Crippen LogP contribution in [0.25, 0.3) is 0 Å². The van der Waals surface area contributed by atoms with E-state index in [-0.39, 0.29) is 17.4 Å². The minimum Gasteiger partial charge on any atom is -0.393 e. The summed E-state index contributed by atoms with van der Waals surface area (Å²) in [4.78, 5) is 15.2. The molecule has 5 rings (SSSR count). The maximum Gasteiger partial charge on any atom is 0.254 e. The van der Waals surface area contributed by atoms with E-state index in [0.717, 1.165) is 36.8 Å². The van der Waals surface area contributed by atoms with Crippen molar-refractivity contribution in [2.45, 2.75) is 115 Å². The maximum absolute atomic E-state index is 13.2. The van der Waals surface area contributed by atoms with Crippen LogP contribution in [0.2, 0.25) is 0 Å². The van der Waals surface area contributed by atoms with Crippen LogP contribution in [-0.4, -0.2) is 56.5 Å². The van der Waals surface area contributed by atoms with E-state index in [2.05, 4.69) is 56.8 Å². The lowest BCUT2D eigenvalue weighted by Gasteiger charge is -2.45. The quantitative estimate of drug-likeness (QED) is 0.356. The van der Waals surface area contributed by atoms with Crippen molar-refractivity contribution in [3.8, 4) is 0 Å². The zero-order valence-electron chi connectivity index (χ0n) is 25.4. The molecule has 1 unspecified atom stereocenters. The summed E-state index contributed by atoms with van der Waals surface area (Å²) in [6.07, 6.45) is 13.4. The SMILES string of the molecule is C=C1/C(=C\C=C2/CCC[C@@]3(C)C2CC[C@@H]3[C@H](C)C[C@@H]2C[C@@](C)(O)C(=O)N2CCCc2ccccc2)C[C@@H](O)C[C@@H]1O. The molecular formula is C36H51NO4. The third-order valence-electron chi connectivity index (χ3n) is 11.1. The second-order valence-corrected chi connectivity index (χ2v) is 14.1. The monoisotopic (exact) mass is 561 g/mol. The topological polar surface area (TPSA) is 81.0 Å². The molecule has 8 atom stereocenters. The number of likely N-dealkylation sites (tertiary alicyclic amines) is 1. The second kappa shape index (κ2) is 12.2. The van der Waals surface area contributed by atoms with Crippen LogP contribution < -0.4 is 0 Å². The van der Waals surface area contributed by atoms with Crippen molar-refractivity contribution in [3.05, 3.63) is 71.3 Å². The van der Waals surface area contributed by atoms with Gasteiger partial charge in [-0.3, -0.25) is 4.79 Å². The first kappa shape index (κ1) is 30.3. The number of hydrogen-bond donors (Lipinski definition) is 3. The summed E-state index contributed by atoms with van der Waals surface area (Å²) in [6.45, 7) is 11.4. The van der Waals surface area contributed by atoms with E-state index in [1.807, 2.05) is 11.0 Å². The van der Waals surface area contributed by atoms with E-state index in [1.165, 1.54) is 36.8 Å². The molecule has 0 bridgehead atoms. The predicted octanol–water partition coefficient (Wildman–Crippen LogP) is 6.14. The average Bonchev–Trinajstić information content (AvgIpc) is 3.39. The number of aryl methyl sites for hydroxylation is 1. The minimum absolute atomic E-state index is 0.0874. The molecule has 1 aliphatic heterocycles. The van der Waals surface area contributed by atoms with E-state index in [1.54, 1.807) is 6.92 Å². The molecule has 41 heavy (non-hydrogen) atoms. The molecule has 224 valence electrons. The van der Waals surface area contributed by atoms with Crippen LogP contribution in [0.5, 0.6) is 0 Å². The van der Waals surface area contributed by atoms with Gasteiger partial charge in [-0.1, -0.05) is 68.5 Å². The molecule has 0 radical (unpaired) electrons. The molecule has 5 nitrogen and oxygen atoms in total. The van der Waals surface area contributed by atoms with Gasteiger partial charge in [0.25, 0.3) is 5.91 Å². The summed E-state index contributed by atoms with van der Waals surface area (Å²) in [5.74, 6) is 1.50. The summed E-state index contributed by atoms with van der Waals surface area (Å²) < 4.78 is 0. The third kappa shape index (κ3) is 6.28. The Bertz CT molecular complexity index is 1170. The Morgan fingerprint density at radius 1 is 1.15 bits per heavy atom. The number of nitrogens with zero attached hydrogens (tertiary/aromatic N) is 1. The Labute approximate surface area is 247 Å². The number of aliphatic hydroxyl groups excluding tert-OH is 2. The fourth-order valence-corrected chi connectivity index (χ4v) is 9.00. The Morgan fingerprint density at radius 2 is 1.90 bits per heavy atom. The molecule has 3 saturated carbocycles. The van der Waals surface area contributed by atoms with E-state index in [9.17, 15) is 20.1 Å². The van der Waals surface area contributed by atoms with Gasteiger partial charge in [0.05, 0.1) is 12.2 Å². The molecule has 1 saturated heterocycles. The molecule has 4 fully saturated rings. The number of carbonyl (C=O) groups excluding carboxylic acids is 1. The molecule has 1 aromatic carbocycles. The van der Waals surface area contributed by atoms with Crippen molar-refractivity contribution in [1.29, 1.82) is 0 Å². The highest BCUT2D eigenvalue weighted by Crippen LogP contribution is 2.60. The molecule has 3 aliphatic carbocycles. The smallest absolute Gasteiger partial charge is 0.254 e. The van der Waals surface area contributed by atoms with E-state index in [4.69, 9.17) is 0 Å². The fourth-order valence-electron chi connectivity index (χ4n) is 9.00. The van der Waals surface area contributed by atoms with Crippen molar-refractivity contribution in [1.82, 2.24) is 4.90 Å². The van der Waals surface area contributed by atoms with Crippen molar-refractivity contribution < 1.29 is 20.1 Å². The van der Waals surface area contributed by atoms with Gasteiger partial charge >= 0.3 is 0 Å². The lowest BCUT2D eigenvalue weighted by atomic mass is 9.60. The van der Waals surface area contributed by atoms with Crippen LogP contribution in [0.1, 0.15) is 90.5 Å². The fraction of sp³-hybridized carbons (Fsp3) is 0.639. The summed E-state index contributed by atoms with van der Waals surface area (Å²) in [5.41, 5.74) is 3.48. The Hall–Kier alpha value is -2.21. The summed E-state index contributed by atoms with van der Waals surface area (Å²) >= 11 is 0. The highest BCUT2D eigenvalue weighted by molar-refractivity contribution is 5.87. The highest BCUT2D eigenvalue weighted by Gasteiger charge is 2.53. The third-order valence-corrected chi connectivity index (χ3v) is 11.1. The van der Waals surface area contributed by atoms with Crippen LogP contribution >= 0.6 is 0 Å². The van der Waals surface area contributed by atoms with Gasteiger partial charge in [0, 0.05) is 25.4 Å². The van der Waals surface area contributed by atoms with Gasteiger partial charge in [-0.25, -0.2) is 0 Å². The average molecular weight is 562 g/mol. The Kier molecular flexibility index (Phi) is 8.99. The van der Waals surface area contributed by atoms with Crippen molar-refractivity contribution in [2.24, 2.45) is 23.2 Å². The van der Waals surface area contributed by atoms with Crippen LogP contribution in [0, 0.1) is 23.2 Å². The Balaban J connectivity index is 1.26. The molecule has 0 aromatic heterocycles. The van der Waals surface area contributed by atoms with Crippen LogP contribution in [0.15, 0.2) is 65.8 Å². The highest BCUT2D eigenvalue weighted by atomic mass is 16.3. The van der Waals surface area contributed by atoms with Gasteiger partial charge in [-0.15, -0.1) is 0 Å². The maximum atomic E-state index is 13.2. The molecule has 1 amide bonds. The number of hydrogen-bond acceptors (Lipinski definition) is 4. The first-order valence-corrected chi connectivity index (χ1v) is 16.0. The number of benzene rings is 1. The van der Waals surface area contributed by atoms with Gasteiger partial charge in [0.2, 0.25) is 0 Å². The number of amides is 1. The van der Waals surface area contributed by atoms with E-state index in [0.29, 0.717) is 43.6 Å². The van der Waals surface area contributed by atoms with E-state index < -0.39 is 17.8 Å². The van der Waals surface area contributed by atoms with E-state index >= 15 is 0 Å². The van der Waals surface area contributed by atoms with Gasteiger partial charge in [0.1, 0.15) is 5.60 Å². The normalized spacial score (nSPS) is 38.6. The predicted molar refractivity (Wildman–Crippen MR) is 164 cm³/mol. The minimum atomic E-state index is -1.27. The largest absolute Gasteiger partial charge is 0.393 e. The van der Waals surface area contributed by atoms with Crippen LogP contribution in [0.4, 0.5) is 0 Å². The molecular weight excluding hydrogens is 510 g/mol. The summed E-state index contributed by atoms with van der Waals surface area (Å²) in [6, 6.07) is 10.5. The van der Waals surface area contributed by atoms with Crippen LogP contribution in [0.3, 0.4) is 0 Å². The standard InChI is InChI=1S/C36H51NO4/c1-24(20-29-23-36(4,41)34(40)37(29)19-9-12-26-10-6-5-7-11-26)31-16-17-32-27(13-8-18-35(31,32)3)14-15-28-21-30(38)22-33(39)25(28)2/h5-7,10-11,14-15,24,29-33,38-39,41H,2,8-9,12-13,16-23H2,1,3-4H3/b27-14+,28-15-/t24-,29-,30-,31-,32?,33+,35-,36-/m1/s1. The first-order chi connectivity index (χ1) is 19.5. The molecule has 1 aromatic rings. The number of fused-ring (bicyclic) bond motifs is 1. The summed E-state index contributed by atoms with van der Waals surface area (Å²) in [7, 11) is 0. The molecule has 4 aliphatic rings. The van der Waals surface area contributed by atoms with Gasteiger partial charge in [-0.05, 0) is 105 Å². The number of carbonyl (C=O) groups is 1. The second-order valence-electron chi connectivity index (χ2n) is 14.1. The molecule has 5 heteroatoms. The molecule has 0 spiro atoms. The summed E-state index contributed by atoms with van der Waals surface area (Å²) in [5, 5.41) is 31.4. The van der Waals surface area contributed by atoms with Gasteiger partial charge in [-0.2, -0.15) is 0 Å². The van der Waals surface area contributed by atoms with Crippen molar-refractivity contribution in [2.75, 3.05) is 6.54 Å². The number of rotatable bonds is 8. The van der Waals surface area contributed by atoms with Crippen LogP contribution in [-0.2, 0) is 11.2 Å². The Morgan fingerprint density at radius 3 is 2.66 bits per heavy atom. The number of allylic oxidation sites excluding steroid dienone is 3. The van der Waals surface area contributed by atoms with Gasteiger partial charge < -0.3 is 20.2 Å². The number of aliphatic hydroxyl groups is 3. The lowest BCUT2D eigenvalue weighted by Crippen LogP contribution is -2.41. The van der Waals surface area contributed by atoms with Crippen molar-refractivity contribution >= 4 is 5.91 Å². The first-order valence-electron chi connectivity index (χ1n) is 16.0. The lowest BCUT2D eigenvalue weighted by molar-refractivity contribution is -0.142. The zero-order chi connectivity index (χ0) is 29.4. The zero-order valence-corrected chi connectivity index (χ0v) is 25.4.